The fourth-order valence-corrected chi connectivity index (χ4v) is 5.81. The molecule has 1 aliphatic rings. The molecule has 248 valence electrons. The first-order valence-corrected chi connectivity index (χ1v) is 17.0. The van der Waals surface area contributed by atoms with E-state index in [0.717, 1.165) is 43.3 Å². The van der Waals surface area contributed by atoms with Crippen molar-refractivity contribution in [2.75, 3.05) is 46.2 Å². The smallest absolute Gasteiger partial charge is 0.418 e. The Kier molecular flexibility index (Phi) is 9.70. The summed E-state index contributed by atoms with van der Waals surface area (Å²) in [7, 11) is -3.63. The topological polar surface area (TPSA) is 161 Å². The van der Waals surface area contributed by atoms with Gasteiger partial charge in [0.25, 0.3) is 5.91 Å². The molecule has 1 fully saturated rings. The second-order valence-corrected chi connectivity index (χ2v) is 14.1. The fraction of sp³-hybridized carbons (Fsp3) is 0.333. The molecule has 3 N–H and O–H groups in total. The van der Waals surface area contributed by atoms with Gasteiger partial charge in [0.05, 0.1) is 35.3 Å². The van der Waals surface area contributed by atoms with Gasteiger partial charge in [0.1, 0.15) is 5.60 Å². The van der Waals surface area contributed by atoms with Crippen LogP contribution in [0.1, 0.15) is 44.0 Å². The van der Waals surface area contributed by atoms with Gasteiger partial charge in [0.2, 0.25) is 10.0 Å². The van der Waals surface area contributed by atoms with Crippen LogP contribution in [0.2, 0.25) is 0 Å². The molecule has 47 heavy (non-hydrogen) atoms. The molecule has 1 aliphatic heterocycles. The second kappa shape index (κ2) is 13.7. The monoisotopic (exact) mass is 662 g/mol. The van der Waals surface area contributed by atoms with Crippen molar-refractivity contribution >= 4 is 61.8 Å². The van der Waals surface area contributed by atoms with Crippen LogP contribution in [0.3, 0.4) is 0 Å². The predicted octanol–water partition coefficient (Wildman–Crippen LogP) is 5.91. The number of hydrogen-bond donors (Lipinski definition) is 3. The van der Waals surface area contributed by atoms with E-state index in [2.05, 4.69) is 25.2 Å². The van der Waals surface area contributed by atoms with Gasteiger partial charge in [-0.2, -0.15) is 0 Å². The minimum Gasteiger partial charge on any atom is -0.449 e. The molecular weight excluding hydrogens is 624 g/mol. The lowest BCUT2D eigenvalue weighted by Gasteiger charge is -2.33. The van der Waals surface area contributed by atoms with Crippen molar-refractivity contribution in [1.29, 1.82) is 0 Å². The third kappa shape index (κ3) is 9.00. The minimum absolute atomic E-state index is 0.0480. The first-order chi connectivity index (χ1) is 22.2. The van der Waals surface area contributed by atoms with Crippen LogP contribution >= 0.6 is 0 Å². The summed E-state index contributed by atoms with van der Waals surface area (Å²) in [4.78, 5) is 45.5. The number of carbonyl (C=O) groups is 3. The minimum atomic E-state index is -3.63. The number of fused-ring (bicyclic) bond motifs is 1. The maximum Gasteiger partial charge on any atom is 0.418 e. The van der Waals surface area contributed by atoms with Crippen molar-refractivity contribution in [3.63, 3.8) is 0 Å². The lowest BCUT2D eigenvalue weighted by molar-refractivity contribution is 0.0544. The highest BCUT2D eigenvalue weighted by Gasteiger charge is 2.23. The molecule has 3 heterocycles. The van der Waals surface area contributed by atoms with E-state index in [1.807, 2.05) is 12.1 Å². The lowest BCUT2D eigenvalue weighted by Crippen LogP contribution is -2.35. The molecule has 2 aromatic carbocycles. The number of pyridine rings is 1. The summed E-state index contributed by atoms with van der Waals surface area (Å²) in [6.07, 6.45) is 6.43. The standard InChI is InChI=1S/C33H38N6O7S/c1-33(2,3)46-32(42)39-18-13-23-5-6-24(20-29(23)39)35-30(40)27-8-7-25(37-47(4,43)44)19-28(27)36-31(41)45-21-22-11-16-38(17-12-22)26-9-14-34-15-10-26/h5-10,13-15,18-20,22,37H,11-12,16-17,21H2,1-4H3,(H,35,40)(H,36,41). The molecule has 0 unspecified atom stereocenters. The Hall–Kier alpha value is -5.11. The van der Waals surface area contributed by atoms with Crippen LogP contribution in [0.4, 0.5) is 32.3 Å². The summed E-state index contributed by atoms with van der Waals surface area (Å²) in [5.41, 5.74) is 1.58. The third-order valence-corrected chi connectivity index (χ3v) is 8.04. The summed E-state index contributed by atoms with van der Waals surface area (Å²) in [5.74, 6) is -0.418. The van der Waals surface area contributed by atoms with Crippen LogP contribution < -0.4 is 20.3 Å². The van der Waals surface area contributed by atoms with E-state index in [4.69, 9.17) is 9.47 Å². The molecule has 14 heteroatoms. The SMILES string of the molecule is CC(C)(C)OC(=O)n1ccc2ccc(NC(=O)c3ccc(NS(C)(=O)=O)cc3NC(=O)OCC3CCN(c4ccncc4)CC3)cc21. The maximum absolute atomic E-state index is 13.5. The maximum atomic E-state index is 13.5. The van der Waals surface area contributed by atoms with Gasteiger partial charge in [-0.15, -0.1) is 0 Å². The van der Waals surface area contributed by atoms with Crippen molar-refractivity contribution in [3.8, 4) is 0 Å². The largest absolute Gasteiger partial charge is 0.449 e. The van der Waals surface area contributed by atoms with Crippen molar-refractivity contribution in [2.24, 2.45) is 5.92 Å². The van der Waals surface area contributed by atoms with Gasteiger partial charge in [-0.05, 0) is 88.1 Å². The second-order valence-electron chi connectivity index (χ2n) is 12.4. The molecular formula is C33H38N6O7S. The molecule has 2 amide bonds. The Labute approximate surface area is 273 Å². The summed E-state index contributed by atoms with van der Waals surface area (Å²) in [6.45, 7) is 7.14. The number of hydrogen-bond acceptors (Lipinski definition) is 9. The number of amides is 2. The quantitative estimate of drug-likeness (QED) is 0.208. The molecule has 0 aliphatic carbocycles. The van der Waals surface area contributed by atoms with Crippen LogP contribution in [0.15, 0.2) is 73.2 Å². The average molecular weight is 663 g/mol. The highest BCUT2D eigenvalue weighted by Crippen LogP contribution is 2.27. The summed E-state index contributed by atoms with van der Waals surface area (Å²) in [5, 5.41) is 6.17. The fourth-order valence-electron chi connectivity index (χ4n) is 5.25. The molecule has 5 rings (SSSR count). The van der Waals surface area contributed by atoms with E-state index >= 15 is 0 Å². The average Bonchev–Trinajstić information content (AvgIpc) is 3.43. The first kappa shape index (κ1) is 33.3. The zero-order chi connectivity index (χ0) is 33.8. The van der Waals surface area contributed by atoms with Gasteiger partial charge in [-0.1, -0.05) is 6.07 Å². The Morgan fingerprint density at radius 3 is 2.32 bits per heavy atom. The highest BCUT2D eigenvalue weighted by molar-refractivity contribution is 7.92. The Bertz CT molecular complexity index is 1880. The van der Waals surface area contributed by atoms with Crippen molar-refractivity contribution in [2.45, 2.75) is 39.2 Å². The van der Waals surface area contributed by atoms with E-state index in [1.54, 1.807) is 63.6 Å². The Morgan fingerprint density at radius 2 is 1.64 bits per heavy atom. The number of benzene rings is 2. The number of rotatable bonds is 8. The predicted molar refractivity (Wildman–Crippen MR) is 181 cm³/mol. The van der Waals surface area contributed by atoms with Crippen LogP contribution in [-0.2, 0) is 19.5 Å². The van der Waals surface area contributed by atoms with Crippen molar-refractivity contribution < 1.29 is 32.3 Å². The number of ether oxygens (including phenoxy) is 2. The molecule has 4 aromatic rings. The van der Waals surface area contributed by atoms with Crippen LogP contribution in [0.5, 0.6) is 0 Å². The molecule has 13 nitrogen and oxygen atoms in total. The summed E-state index contributed by atoms with van der Waals surface area (Å²) < 4.78 is 38.5. The lowest BCUT2D eigenvalue weighted by atomic mass is 9.97. The number of nitrogens with one attached hydrogen (secondary N) is 3. The molecule has 0 saturated carbocycles. The van der Waals surface area contributed by atoms with Gasteiger partial charge in [-0.25, -0.2) is 18.0 Å². The normalized spacial score (nSPS) is 14.0. The van der Waals surface area contributed by atoms with Gasteiger partial charge < -0.3 is 19.7 Å². The molecule has 0 radical (unpaired) electrons. The molecule has 1 saturated heterocycles. The highest BCUT2D eigenvalue weighted by atomic mass is 32.2. The van der Waals surface area contributed by atoms with Gasteiger partial charge in [0, 0.05) is 48.4 Å². The number of anilines is 4. The zero-order valence-electron chi connectivity index (χ0n) is 26.6. The summed E-state index contributed by atoms with van der Waals surface area (Å²) >= 11 is 0. The Morgan fingerprint density at radius 1 is 0.936 bits per heavy atom. The van der Waals surface area contributed by atoms with Gasteiger partial charge in [-0.3, -0.25) is 24.4 Å². The number of aromatic nitrogens is 2. The molecule has 2 aromatic heterocycles. The Balaban J connectivity index is 1.28. The number of piperidine rings is 1. The molecule has 0 atom stereocenters. The van der Waals surface area contributed by atoms with Crippen LogP contribution in [0, 0.1) is 5.92 Å². The van der Waals surface area contributed by atoms with Gasteiger partial charge in [0.15, 0.2) is 0 Å². The molecule has 0 spiro atoms. The third-order valence-electron chi connectivity index (χ3n) is 7.44. The van der Waals surface area contributed by atoms with Crippen molar-refractivity contribution in [3.05, 3.63) is 78.8 Å². The first-order valence-electron chi connectivity index (χ1n) is 15.1. The van der Waals surface area contributed by atoms with E-state index in [-0.39, 0.29) is 29.5 Å². The number of nitrogens with zero attached hydrogens (tertiary/aromatic N) is 3. The molecule has 0 bridgehead atoms. The van der Waals surface area contributed by atoms with Crippen molar-refractivity contribution in [1.82, 2.24) is 9.55 Å². The van der Waals surface area contributed by atoms with Crippen LogP contribution in [-0.4, -0.2) is 67.6 Å². The summed E-state index contributed by atoms with van der Waals surface area (Å²) in [6, 6.07) is 14.9. The van der Waals surface area contributed by atoms with E-state index in [1.165, 1.54) is 22.8 Å². The number of carbonyl (C=O) groups excluding carboxylic acids is 3. The van der Waals surface area contributed by atoms with E-state index in [0.29, 0.717) is 11.2 Å². The van der Waals surface area contributed by atoms with E-state index < -0.39 is 33.7 Å². The van der Waals surface area contributed by atoms with Crippen LogP contribution in [0.25, 0.3) is 10.9 Å². The number of sulfonamides is 1. The van der Waals surface area contributed by atoms with E-state index in [9.17, 15) is 22.8 Å². The zero-order valence-corrected chi connectivity index (χ0v) is 27.5. The van der Waals surface area contributed by atoms with Gasteiger partial charge >= 0.3 is 12.2 Å².